The van der Waals surface area contributed by atoms with Crippen LogP contribution in [0.2, 0.25) is 0 Å². The Morgan fingerprint density at radius 2 is 2.25 bits per heavy atom. The molecular weight excluding hydrogens is 224 g/mol. The number of hydrogen-bond acceptors (Lipinski definition) is 4. The van der Waals surface area contributed by atoms with E-state index in [9.17, 15) is 4.79 Å². The molecule has 90 valence electrons. The van der Waals surface area contributed by atoms with E-state index in [1.165, 1.54) is 11.3 Å². The molecule has 0 radical (unpaired) electrons. The van der Waals surface area contributed by atoms with E-state index in [0.29, 0.717) is 10.6 Å². The lowest BCUT2D eigenvalue weighted by Crippen LogP contribution is -2.40. The molecule has 1 aromatic rings. The van der Waals surface area contributed by atoms with Gasteiger partial charge in [-0.1, -0.05) is 13.8 Å². The first-order chi connectivity index (χ1) is 7.45. The van der Waals surface area contributed by atoms with Gasteiger partial charge in [-0.25, -0.2) is 0 Å². The predicted octanol–water partition coefficient (Wildman–Crippen LogP) is 1.39. The molecule has 1 heterocycles. The lowest BCUT2D eigenvalue weighted by molar-refractivity contribution is 0.0901. The molecule has 0 bridgehead atoms. The Kier molecular flexibility index (Phi) is 4.32. The Bertz CT molecular complexity index is 355. The van der Waals surface area contributed by atoms with Crippen molar-refractivity contribution in [3.63, 3.8) is 0 Å². The van der Waals surface area contributed by atoms with Gasteiger partial charge in [0.2, 0.25) is 0 Å². The summed E-state index contributed by atoms with van der Waals surface area (Å²) in [6.07, 6.45) is 0. The predicted molar refractivity (Wildman–Crippen MR) is 66.6 cm³/mol. The minimum Gasteiger partial charge on any atom is -0.398 e. The summed E-state index contributed by atoms with van der Waals surface area (Å²) < 4.78 is 0. The number of aryl methyl sites for hydroxylation is 1. The summed E-state index contributed by atoms with van der Waals surface area (Å²) in [5, 5.41) is 11.9. The van der Waals surface area contributed by atoms with Crippen molar-refractivity contribution in [1.29, 1.82) is 0 Å². The van der Waals surface area contributed by atoms with Crippen LogP contribution in [0.25, 0.3) is 0 Å². The Labute approximate surface area is 99.5 Å². The van der Waals surface area contributed by atoms with Crippen LogP contribution >= 0.6 is 11.3 Å². The highest BCUT2D eigenvalue weighted by molar-refractivity contribution is 7.14. The molecule has 0 aliphatic heterocycles. The highest BCUT2D eigenvalue weighted by Crippen LogP contribution is 2.23. The monoisotopic (exact) mass is 242 g/mol. The second kappa shape index (κ2) is 5.32. The van der Waals surface area contributed by atoms with Crippen LogP contribution in [0, 0.1) is 12.8 Å². The Morgan fingerprint density at radius 1 is 1.62 bits per heavy atom. The molecule has 0 aliphatic carbocycles. The fourth-order valence-corrected chi connectivity index (χ4v) is 2.11. The van der Waals surface area contributed by atoms with Crippen LogP contribution in [-0.4, -0.2) is 23.7 Å². The minimum absolute atomic E-state index is 0.0523. The maximum absolute atomic E-state index is 11.8. The number of aliphatic hydroxyl groups is 1. The smallest absolute Gasteiger partial charge is 0.261 e. The highest BCUT2D eigenvalue weighted by atomic mass is 32.1. The van der Waals surface area contributed by atoms with Gasteiger partial charge in [-0.3, -0.25) is 4.79 Å². The number of nitrogen functional groups attached to an aromatic ring is 1. The van der Waals surface area contributed by atoms with Crippen LogP contribution in [0.3, 0.4) is 0 Å². The van der Waals surface area contributed by atoms with E-state index in [4.69, 9.17) is 10.8 Å². The average molecular weight is 242 g/mol. The number of nitrogens with two attached hydrogens (primary N) is 1. The maximum atomic E-state index is 11.8. The SMILES string of the molecule is Cc1sc(C(=O)N[C@H](CO)C(C)C)cc1N. The van der Waals surface area contributed by atoms with Gasteiger partial charge in [-0.05, 0) is 18.9 Å². The van der Waals surface area contributed by atoms with Crippen molar-refractivity contribution in [2.24, 2.45) is 5.92 Å². The van der Waals surface area contributed by atoms with Gasteiger partial charge in [0.05, 0.1) is 17.5 Å². The van der Waals surface area contributed by atoms with Gasteiger partial charge in [0.25, 0.3) is 5.91 Å². The molecular formula is C11H18N2O2S. The van der Waals surface area contributed by atoms with Crippen LogP contribution < -0.4 is 11.1 Å². The molecule has 0 saturated carbocycles. The first kappa shape index (κ1) is 13.0. The normalized spacial score (nSPS) is 12.8. The lowest BCUT2D eigenvalue weighted by atomic mass is 10.1. The topological polar surface area (TPSA) is 75.3 Å². The second-order valence-electron chi connectivity index (χ2n) is 4.13. The third kappa shape index (κ3) is 2.96. The molecule has 0 saturated heterocycles. The van der Waals surface area contributed by atoms with E-state index in [-0.39, 0.29) is 24.5 Å². The molecule has 0 spiro atoms. The molecule has 0 aliphatic rings. The molecule has 1 rings (SSSR count). The summed E-state index contributed by atoms with van der Waals surface area (Å²) in [5.41, 5.74) is 6.32. The number of carbonyl (C=O) groups is 1. The standard InChI is InChI=1S/C11H18N2O2S/c1-6(2)9(5-14)13-11(15)10-4-8(12)7(3)16-10/h4,6,9,14H,5,12H2,1-3H3,(H,13,15)/t9-/m1/s1. The quantitative estimate of drug-likeness (QED) is 0.746. The third-order valence-corrected chi connectivity index (χ3v) is 3.56. The van der Waals surface area contributed by atoms with Gasteiger partial charge >= 0.3 is 0 Å². The molecule has 1 aromatic heterocycles. The van der Waals surface area contributed by atoms with E-state index >= 15 is 0 Å². The fourth-order valence-electron chi connectivity index (χ4n) is 1.27. The number of aliphatic hydroxyl groups excluding tert-OH is 1. The van der Waals surface area contributed by atoms with Gasteiger partial charge in [0.15, 0.2) is 0 Å². The van der Waals surface area contributed by atoms with Crippen LogP contribution in [0.15, 0.2) is 6.07 Å². The van der Waals surface area contributed by atoms with Gasteiger partial charge < -0.3 is 16.2 Å². The number of carbonyl (C=O) groups excluding carboxylic acids is 1. The molecule has 1 amide bonds. The molecule has 5 heteroatoms. The summed E-state index contributed by atoms with van der Waals surface area (Å²) in [6, 6.07) is 1.46. The van der Waals surface area contributed by atoms with Gasteiger partial charge in [0, 0.05) is 10.6 Å². The summed E-state index contributed by atoms with van der Waals surface area (Å²) in [4.78, 5) is 13.3. The zero-order valence-electron chi connectivity index (χ0n) is 9.78. The Morgan fingerprint density at radius 3 is 2.62 bits per heavy atom. The molecule has 16 heavy (non-hydrogen) atoms. The zero-order valence-corrected chi connectivity index (χ0v) is 10.6. The van der Waals surface area contributed by atoms with Crippen molar-refractivity contribution in [2.45, 2.75) is 26.8 Å². The summed E-state index contributed by atoms with van der Waals surface area (Å²) in [7, 11) is 0. The van der Waals surface area contributed by atoms with Crippen LogP contribution in [0.1, 0.15) is 28.4 Å². The number of anilines is 1. The molecule has 1 atom stereocenters. The third-order valence-electron chi connectivity index (χ3n) is 2.50. The Hall–Kier alpha value is -1.07. The van der Waals surface area contributed by atoms with E-state index < -0.39 is 0 Å². The van der Waals surface area contributed by atoms with Gasteiger partial charge in [-0.15, -0.1) is 11.3 Å². The minimum atomic E-state index is -0.212. The number of amides is 1. The van der Waals surface area contributed by atoms with Crippen molar-refractivity contribution in [1.82, 2.24) is 5.32 Å². The Balaban J connectivity index is 2.71. The van der Waals surface area contributed by atoms with Crippen molar-refractivity contribution < 1.29 is 9.90 Å². The van der Waals surface area contributed by atoms with E-state index in [2.05, 4.69) is 5.32 Å². The zero-order chi connectivity index (χ0) is 12.3. The van der Waals surface area contributed by atoms with E-state index in [0.717, 1.165) is 4.88 Å². The first-order valence-electron chi connectivity index (χ1n) is 5.23. The molecule has 0 aromatic carbocycles. The summed E-state index contributed by atoms with van der Waals surface area (Å²) in [6.45, 7) is 5.73. The van der Waals surface area contributed by atoms with Crippen LogP contribution in [-0.2, 0) is 0 Å². The van der Waals surface area contributed by atoms with Crippen LogP contribution in [0.4, 0.5) is 5.69 Å². The molecule has 4 nitrogen and oxygen atoms in total. The second-order valence-corrected chi connectivity index (χ2v) is 5.39. The molecule has 0 unspecified atom stereocenters. The number of nitrogens with one attached hydrogen (secondary N) is 1. The van der Waals surface area contributed by atoms with Gasteiger partial charge in [0.1, 0.15) is 0 Å². The fraction of sp³-hybridized carbons (Fsp3) is 0.545. The highest BCUT2D eigenvalue weighted by Gasteiger charge is 2.17. The van der Waals surface area contributed by atoms with E-state index in [1.807, 2.05) is 20.8 Å². The van der Waals surface area contributed by atoms with Crippen molar-refractivity contribution in [2.75, 3.05) is 12.3 Å². The first-order valence-corrected chi connectivity index (χ1v) is 6.05. The number of rotatable bonds is 4. The number of hydrogen-bond donors (Lipinski definition) is 3. The van der Waals surface area contributed by atoms with Gasteiger partial charge in [-0.2, -0.15) is 0 Å². The summed E-state index contributed by atoms with van der Waals surface area (Å²) in [5.74, 6) is 0.0323. The maximum Gasteiger partial charge on any atom is 0.261 e. The van der Waals surface area contributed by atoms with E-state index in [1.54, 1.807) is 6.07 Å². The molecule has 4 N–H and O–H groups in total. The number of thiophene rings is 1. The average Bonchev–Trinajstić information content (AvgIpc) is 2.55. The molecule has 0 fully saturated rings. The van der Waals surface area contributed by atoms with Crippen LogP contribution in [0.5, 0.6) is 0 Å². The summed E-state index contributed by atoms with van der Waals surface area (Å²) >= 11 is 1.37. The van der Waals surface area contributed by atoms with Crippen molar-refractivity contribution in [3.8, 4) is 0 Å². The van der Waals surface area contributed by atoms with Crippen molar-refractivity contribution in [3.05, 3.63) is 15.8 Å². The lowest BCUT2D eigenvalue weighted by Gasteiger charge is -2.19. The largest absolute Gasteiger partial charge is 0.398 e. The van der Waals surface area contributed by atoms with Crippen molar-refractivity contribution >= 4 is 22.9 Å².